The molecule has 23 heavy (non-hydrogen) atoms. The lowest BCUT2D eigenvalue weighted by molar-refractivity contribution is -0.118. The maximum Gasteiger partial charge on any atom is 0.325 e. The van der Waals surface area contributed by atoms with Crippen molar-refractivity contribution in [2.45, 2.75) is 0 Å². The maximum absolute atomic E-state index is 11.8. The van der Waals surface area contributed by atoms with E-state index in [2.05, 4.69) is 10.3 Å². The van der Waals surface area contributed by atoms with Crippen molar-refractivity contribution in [2.24, 2.45) is 0 Å². The van der Waals surface area contributed by atoms with Gasteiger partial charge < -0.3 is 15.0 Å². The van der Waals surface area contributed by atoms with Crippen molar-refractivity contribution in [3.8, 4) is 5.75 Å². The van der Waals surface area contributed by atoms with E-state index < -0.39 is 17.2 Å². The molecule has 116 valence electrons. The molecule has 2 aromatic carbocycles. The average molecular weight is 311 g/mol. The van der Waals surface area contributed by atoms with Crippen LogP contribution in [0.3, 0.4) is 0 Å². The molecule has 0 unspecified atom stereocenters. The largest absolute Gasteiger partial charge is 0.484 e. The Balaban J connectivity index is 1.65. The molecule has 1 heterocycles. The lowest BCUT2D eigenvalue weighted by atomic mass is 10.1. The van der Waals surface area contributed by atoms with Gasteiger partial charge in [0.25, 0.3) is 11.5 Å². The molecular formula is C16H13N3O4. The van der Waals surface area contributed by atoms with Crippen LogP contribution in [0.25, 0.3) is 10.8 Å². The Morgan fingerprint density at radius 3 is 2.65 bits per heavy atom. The van der Waals surface area contributed by atoms with Crippen LogP contribution in [0, 0.1) is 0 Å². The third kappa shape index (κ3) is 3.46. The first-order chi connectivity index (χ1) is 11.1. The highest BCUT2D eigenvalue weighted by atomic mass is 16.5. The molecular weight excluding hydrogens is 298 g/mol. The van der Waals surface area contributed by atoms with Gasteiger partial charge in [-0.05, 0) is 22.9 Å². The first-order valence-corrected chi connectivity index (χ1v) is 6.85. The van der Waals surface area contributed by atoms with E-state index in [-0.39, 0.29) is 12.3 Å². The van der Waals surface area contributed by atoms with Crippen LogP contribution in [-0.4, -0.2) is 22.5 Å². The summed E-state index contributed by atoms with van der Waals surface area (Å²) in [6.45, 7) is -0.253. The highest BCUT2D eigenvalue weighted by Crippen LogP contribution is 2.20. The molecule has 0 radical (unpaired) electrons. The maximum atomic E-state index is 11.8. The van der Waals surface area contributed by atoms with Gasteiger partial charge in [0.1, 0.15) is 11.4 Å². The Bertz CT molecular complexity index is 974. The summed E-state index contributed by atoms with van der Waals surface area (Å²) in [6, 6.07) is 13.3. The first-order valence-electron chi connectivity index (χ1n) is 6.85. The van der Waals surface area contributed by atoms with E-state index >= 15 is 0 Å². The van der Waals surface area contributed by atoms with Gasteiger partial charge in [-0.1, -0.05) is 30.3 Å². The van der Waals surface area contributed by atoms with Crippen molar-refractivity contribution in [2.75, 3.05) is 11.9 Å². The monoisotopic (exact) mass is 311 g/mol. The van der Waals surface area contributed by atoms with Crippen LogP contribution in [0.5, 0.6) is 5.75 Å². The molecule has 0 saturated carbocycles. The van der Waals surface area contributed by atoms with Gasteiger partial charge in [0, 0.05) is 6.20 Å². The van der Waals surface area contributed by atoms with E-state index in [0.29, 0.717) is 5.75 Å². The number of carbonyl (C=O) groups excluding carboxylic acids is 1. The van der Waals surface area contributed by atoms with E-state index in [1.165, 1.54) is 0 Å². The van der Waals surface area contributed by atoms with E-state index in [9.17, 15) is 14.4 Å². The minimum Gasteiger partial charge on any atom is -0.484 e. The van der Waals surface area contributed by atoms with Crippen LogP contribution in [0.4, 0.5) is 5.69 Å². The van der Waals surface area contributed by atoms with Crippen molar-refractivity contribution in [1.29, 1.82) is 0 Å². The number of aromatic nitrogens is 2. The third-order valence-electron chi connectivity index (χ3n) is 3.18. The zero-order valence-corrected chi connectivity index (χ0v) is 12.0. The van der Waals surface area contributed by atoms with Crippen LogP contribution in [0.1, 0.15) is 0 Å². The Morgan fingerprint density at radius 2 is 1.87 bits per heavy atom. The molecule has 7 heteroatoms. The number of H-pyrrole nitrogens is 2. The molecule has 3 rings (SSSR count). The predicted octanol–water partition coefficient (Wildman–Crippen LogP) is 1.23. The summed E-state index contributed by atoms with van der Waals surface area (Å²) in [5.41, 5.74) is -1.36. The molecule has 0 bridgehead atoms. The standard InChI is InChI=1S/C16H13N3O4/c20-14(18-13-8-17-16(22)19-15(13)21)9-23-12-6-5-10-3-1-2-4-11(10)7-12/h1-8H,9H2,(H,18,20)(H2,17,19,21,22). The Labute approximate surface area is 129 Å². The number of hydrogen-bond acceptors (Lipinski definition) is 4. The lowest BCUT2D eigenvalue weighted by Crippen LogP contribution is -2.28. The molecule has 0 atom stereocenters. The second-order valence-electron chi connectivity index (χ2n) is 4.83. The van der Waals surface area contributed by atoms with Crippen LogP contribution in [0.15, 0.2) is 58.3 Å². The van der Waals surface area contributed by atoms with Gasteiger partial charge in [0.05, 0.1) is 0 Å². The minimum atomic E-state index is -0.673. The number of amides is 1. The van der Waals surface area contributed by atoms with E-state index in [1.54, 1.807) is 6.07 Å². The molecule has 0 fully saturated rings. The SMILES string of the molecule is O=C(COc1ccc2ccccc2c1)Nc1c[nH]c(=O)[nH]c1=O. The normalized spacial score (nSPS) is 10.4. The van der Waals surface area contributed by atoms with E-state index in [0.717, 1.165) is 17.0 Å². The van der Waals surface area contributed by atoms with Crippen molar-refractivity contribution in [3.63, 3.8) is 0 Å². The van der Waals surface area contributed by atoms with Crippen LogP contribution in [0.2, 0.25) is 0 Å². The van der Waals surface area contributed by atoms with E-state index in [4.69, 9.17) is 4.74 Å². The fourth-order valence-electron chi connectivity index (χ4n) is 2.10. The Kier molecular flexibility index (Phi) is 3.92. The summed E-state index contributed by atoms with van der Waals surface area (Å²) in [5.74, 6) is 0.0462. The summed E-state index contributed by atoms with van der Waals surface area (Å²) in [7, 11) is 0. The van der Waals surface area contributed by atoms with Gasteiger partial charge in [-0.25, -0.2) is 4.79 Å². The zero-order chi connectivity index (χ0) is 16.2. The van der Waals surface area contributed by atoms with Crippen molar-refractivity contribution < 1.29 is 9.53 Å². The number of benzene rings is 2. The summed E-state index contributed by atoms with van der Waals surface area (Å²) in [5, 5.41) is 4.44. The molecule has 3 aromatic rings. The number of ether oxygens (including phenoxy) is 1. The second-order valence-corrected chi connectivity index (χ2v) is 4.83. The molecule has 0 aliphatic heterocycles. The number of carbonyl (C=O) groups is 1. The summed E-state index contributed by atoms with van der Waals surface area (Å²) in [4.78, 5) is 38.5. The van der Waals surface area contributed by atoms with Gasteiger partial charge >= 0.3 is 5.69 Å². The van der Waals surface area contributed by atoms with Crippen LogP contribution < -0.4 is 21.3 Å². The van der Waals surface area contributed by atoms with E-state index in [1.807, 2.05) is 41.4 Å². The number of aromatic amines is 2. The molecule has 1 amide bonds. The predicted molar refractivity (Wildman–Crippen MR) is 85.8 cm³/mol. The second kappa shape index (κ2) is 6.18. The third-order valence-corrected chi connectivity index (χ3v) is 3.18. The highest BCUT2D eigenvalue weighted by molar-refractivity contribution is 5.91. The zero-order valence-electron chi connectivity index (χ0n) is 12.0. The highest BCUT2D eigenvalue weighted by Gasteiger charge is 2.07. The smallest absolute Gasteiger partial charge is 0.325 e. The van der Waals surface area contributed by atoms with Crippen molar-refractivity contribution in [3.05, 3.63) is 69.5 Å². The molecule has 3 N–H and O–H groups in total. The van der Waals surface area contributed by atoms with Crippen molar-refractivity contribution >= 4 is 22.4 Å². The fourth-order valence-corrected chi connectivity index (χ4v) is 2.10. The summed E-state index contributed by atoms with van der Waals surface area (Å²) < 4.78 is 5.42. The van der Waals surface area contributed by atoms with Crippen LogP contribution >= 0.6 is 0 Å². The van der Waals surface area contributed by atoms with Gasteiger partial charge in [0.15, 0.2) is 6.61 Å². The Morgan fingerprint density at radius 1 is 1.09 bits per heavy atom. The number of fused-ring (bicyclic) bond motifs is 1. The number of hydrogen-bond donors (Lipinski definition) is 3. The fraction of sp³-hybridized carbons (Fsp3) is 0.0625. The summed E-state index contributed by atoms with van der Waals surface area (Å²) in [6.07, 6.45) is 1.13. The summed E-state index contributed by atoms with van der Waals surface area (Å²) >= 11 is 0. The topological polar surface area (TPSA) is 104 Å². The number of rotatable bonds is 4. The lowest BCUT2D eigenvalue weighted by Gasteiger charge is -2.07. The quantitative estimate of drug-likeness (QED) is 0.674. The molecule has 0 aliphatic carbocycles. The molecule has 0 spiro atoms. The van der Waals surface area contributed by atoms with Gasteiger partial charge in [-0.15, -0.1) is 0 Å². The van der Waals surface area contributed by atoms with Gasteiger partial charge in [0.2, 0.25) is 0 Å². The Hall–Kier alpha value is -3.35. The van der Waals surface area contributed by atoms with Crippen LogP contribution in [-0.2, 0) is 4.79 Å². The molecule has 7 nitrogen and oxygen atoms in total. The van der Waals surface area contributed by atoms with Gasteiger partial charge in [-0.3, -0.25) is 14.6 Å². The number of anilines is 1. The minimum absolute atomic E-state index is 0.0447. The molecule has 0 saturated heterocycles. The first kappa shape index (κ1) is 14.6. The molecule has 1 aromatic heterocycles. The van der Waals surface area contributed by atoms with Crippen molar-refractivity contribution in [1.82, 2.24) is 9.97 Å². The average Bonchev–Trinajstić information content (AvgIpc) is 2.55. The number of nitrogens with one attached hydrogen (secondary N) is 3. The van der Waals surface area contributed by atoms with Gasteiger partial charge in [-0.2, -0.15) is 0 Å². The molecule has 0 aliphatic rings.